The van der Waals surface area contributed by atoms with E-state index >= 15 is 0 Å². The van der Waals surface area contributed by atoms with Gasteiger partial charge in [0.1, 0.15) is 0 Å². The fraction of sp³-hybridized carbons (Fsp3) is 0.308. The van der Waals surface area contributed by atoms with E-state index in [-0.39, 0.29) is 0 Å². The van der Waals surface area contributed by atoms with Gasteiger partial charge in [-0.2, -0.15) is 18.3 Å². The van der Waals surface area contributed by atoms with E-state index < -0.39 is 23.4 Å². The van der Waals surface area contributed by atoms with Gasteiger partial charge in [0.25, 0.3) is 0 Å². The Morgan fingerprint density at radius 3 is 2.35 bits per heavy atom. The number of hydrogen-bond acceptors (Lipinski definition) is 4. The lowest BCUT2D eigenvalue weighted by atomic mass is 10.1. The molecule has 4 nitrogen and oxygen atoms in total. The summed E-state index contributed by atoms with van der Waals surface area (Å²) in [5.41, 5.74) is 0.831. The van der Waals surface area contributed by atoms with Crippen molar-refractivity contribution in [1.29, 1.82) is 0 Å². The molecule has 1 rings (SSSR count). The molecule has 0 aromatic heterocycles. The van der Waals surface area contributed by atoms with Gasteiger partial charge in [0.05, 0.1) is 5.69 Å². The van der Waals surface area contributed by atoms with Crippen LogP contribution in [0.2, 0.25) is 0 Å². The van der Waals surface area contributed by atoms with Crippen molar-refractivity contribution in [2.24, 2.45) is 10.2 Å². The lowest BCUT2D eigenvalue weighted by Crippen LogP contribution is -2.16. The van der Waals surface area contributed by atoms with Gasteiger partial charge in [-0.1, -0.05) is 12.1 Å². The number of aryl methyl sites for hydroxylation is 1. The molecular formula is C13H13F3N2O2. The Morgan fingerprint density at radius 1 is 1.25 bits per heavy atom. The molecule has 0 unspecified atom stereocenters. The van der Waals surface area contributed by atoms with Gasteiger partial charge >= 0.3 is 6.18 Å². The first kappa shape index (κ1) is 15.9. The summed E-state index contributed by atoms with van der Waals surface area (Å²) in [7, 11) is 0. The third-order valence-corrected chi connectivity index (χ3v) is 2.66. The van der Waals surface area contributed by atoms with Crippen molar-refractivity contribution in [3.05, 3.63) is 40.8 Å². The number of ketones is 1. The van der Waals surface area contributed by atoms with Crippen LogP contribution in [-0.4, -0.2) is 17.1 Å². The SMILES string of the molecule is CC(=O)/C(N=Nc1cccc(C)c1C)=C(\O)C(F)(F)F. The van der Waals surface area contributed by atoms with Crippen LogP contribution in [0.5, 0.6) is 0 Å². The number of halogens is 3. The van der Waals surface area contributed by atoms with Gasteiger partial charge in [-0.05, 0) is 31.0 Å². The number of rotatable bonds is 3. The lowest BCUT2D eigenvalue weighted by Gasteiger charge is -2.07. The van der Waals surface area contributed by atoms with E-state index in [9.17, 15) is 18.0 Å². The first-order valence-corrected chi connectivity index (χ1v) is 5.64. The highest BCUT2D eigenvalue weighted by atomic mass is 19.4. The number of aliphatic hydroxyl groups excluding tert-OH is 1. The van der Waals surface area contributed by atoms with E-state index in [2.05, 4.69) is 10.2 Å². The van der Waals surface area contributed by atoms with Crippen molar-refractivity contribution in [3.63, 3.8) is 0 Å². The Balaban J connectivity index is 3.25. The Kier molecular flexibility index (Phi) is 4.65. The molecule has 0 amide bonds. The minimum Gasteiger partial charge on any atom is -0.503 e. The molecule has 0 bridgehead atoms. The van der Waals surface area contributed by atoms with Crippen LogP contribution in [0, 0.1) is 13.8 Å². The topological polar surface area (TPSA) is 62.0 Å². The summed E-state index contributed by atoms with van der Waals surface area (Å²) in [6.07, 6.45) is -5.04. The molecule has 0 spiro atoms. The van der Waals surface area contributed by atoms with Crippen LogP contribution in [0.25, 0.3) is 0 Å². The molecule has 0 saturated heterocycles. The molecule has 108 valence electrons. The maximum Gasteiger partial charge on any atom is 0.451 e. The summed E-state index contributed by atoms with van der Waals surface area (Å²) in [6, 6.07) is 5.02. The highest BCUT2D eigenvalue weighted by Crippen LogP contribution is 2.28. The van der Waals surface area contributed by atoms with E-state index in [0.29, 0.717) is 5.69 Å². The van der Waals surface area contributed by atoms with E-state index in [1.54, 1.807) is 19.1 Å². The van der Waals surface area contributed by atoms with Crippen molar-refractivity contribution in [3.8, 4) is 0 Å². The van der Waals surface area contributed by atoms with Crippen LogP contribution in [-0.2, 0) is 4.79 Å². The number of aliphatic hydroxyl groups is 1. The predicted molar refractivity (Wildman–Crippen MR) is 66.8 cm³/mol. The van der Waals surface area contributed by atoms with E-state index in [1.165, 1.54) is 0 Å². The Morgan fingerprint density at radius 2 is 1.85 bits per heavy atom. The van der Waals surface area contributed by atoms with E-state index in [1.807, 2.05) is 13.0 Å². The Labute approximate surface area is 113 Å². The van der Waals surface area contributed by atoms with E-state index in [0.717, 1.165) is 18.1 Å². The largest absolute Gasteiger partial charge is 0.503 e. The van der Waals surface area contributed by atoms with E-state index in [4.69, 9.17) is 5.11 Å². The van der Waals surface area contributed by atoms with Gasteiger partial charge in [-0.15, -0.1) is 5.11 Å². The van der Waals surface area contributed by atoms with Crippen LogP contribution in [0.1, 0.15) is 18.1 Å². The molecule has 1 aromatic carbocycles. The third-order valence-electron chi connectivity index (χ3n) is 2.66. The van der Waals surface area contributed by atoms with Crippen LogP contribution in [0.3, 0.4) is 0 Å². The fourth-order valence-corrected chi connectivity index (χ4v) is 1.37. The molecule has 7 heteroatoms. The van der Waals surface area contributed by atoms with Gasteiger partial charge in [0, 0.05) is 6.92 Å². The number of benzene rings is 1. The molecule has 20 heavy (non-hydrogen) atoms. The highest BCUT2D eigenvalue weighted by molar-refractivity contribution is 5.93. The quantitative estimate of drug-likeness (QED) is 0.511. The first-order valence-electron chi connectivity index (χ1n) is 5.64. The standard InChI is InChI=1S/C13H13F3N2O2/c1-7-5-4-6-10(8(7)2)17-18-11(9(3)19)12(20)13(14,15)16/h4-6,20H,1-3H3/b12-11+,18-17?. The average Bonchev–Trinajstić information content (AvgIpc) is 2.32. The summed E-state index contributed by atoms with van der Waals surface area (Å²) in [5.74, 6) is -3.06. The number of carbonyl (C=O) groups is 1. The molecule has 0 aliphatic heterocycles. The molecule has 0 atom stereocenters. The summed E-state index contributed by atoms with van der Waals surface area (Å²) in [6.45, 7) is 4.41. The van der Waals surface area contributed by atoms with Crippen molar-refractivity contribution in [2.75, 3.05) is 0 Å². The van der Waals surface area contributed by atoms with Crippen LogP contribution in [0.15, 0.2) is 39.9 Å². The number of azo groups is 1. The zero-order chi connectivity index (χ0) is 15.5. The van der Waals surface area contributed by atoms with Crippen molar-refractivity contribution < 1.29 is 23.1 Å². The first-order chi connectivity index (χ1) is 9.14. The number of allylic oxidation sites excluding steroid dienone is 2. The zero-order valence-corrected chi connectivity index (χ0v) is 11.1. The van der Waals surface area contributed by atoms with Crippen LogP contribution >= 0.6 is 0 Å². The number of nitrogens with zero attached hydrogens (tertiary/aromatic N) is 2. The van der Waals surface area contributed by atoms with Gasteiger partial charge in [-0.25, -0.2) is 0 Å². The fourth-order valence-electron chi connectivity index (χ4n) is 1.37. The highest BCUT2D eigenvalue weighted by Gasteiger charge is 2.38. The Bertz CT molecular complexity index is 590. The van der Waals surface area contributed by atoms with Crippen LogP contribution < -0.4 is 0 Å². The molecule has 0 aliphatic rings. The van der Waals surface area contributed by atoms with Crippen molar-refractivity contribution in [2.45, 2.75) is 26.9 Å². The lowest BCUT2D eigenvalue weighted by molar-refractivity contribution is -0.126. The molecule has 0 heterocycles. The maximum absolute atomic E-state index is 12.4. The minimum absolute atomic E-state index is 0.332. The van der Waals surface area contributed by atoms with Gasteiger partial charge in [0.15, 0.2) is 11.5 Å². The maximum atomic E-state index is 12.4. The van der Waals surface area contributed by atoms with Crippen molar-refractivity contribution in [1.82, 2.24) is 0 Å². The summed E-state index contributed by atoms with van der Waals surface area (Å²) in [4.78, 5) is 11.1. The third kappa shape index (κ3) is 3.66. The summed E-state index contributed by atoms with van der Waals surface area (Å²) >= 11 is 0. The molecule has 0 radical (unpaired) electrons. The minimum atomic E-state index is -5.04. The smallest absolute Gasteiger partial charge is 0.451 e. The summed E-state index contributed by atoms with van der Waals surface area (Å²) in [5, 5.41) is 15.9. The number of alkyl halides is 3. The van der Waals surface area contributed by atoms with Gasteiger partial charge in [0.2, 0.25) is 5.76 Å². The number of carbonyl (C=O) groups excluding carboxylic acids is 1. The molecule has 0 saturated carbocycles. The predicted octanol–water partition coefficient (Wildman–Crippen LogP) is 4.31. The second-order valence-electron chi connectivity index (χ2n) is 4.17. The molecular weight excluding hydrogens is 273 g/mol. The molecule has 1 N–H and O–H groups in total. The van der Waals surface area contributed by atoms with Crippen LogP contribution in [0.4, 0.5) is 18.9 Å². The molecule has 0 fully saturated rings. The average molecular weight is 286 g/mol. The van der Waals surface area contributed by atoms with Gasteiger partial charge in [-0.3, -0.25) is 4.79 Å². The number of Topliss-reactive ketones (excluding diaryl/α,β-unsaturated/α-hetero) is 1. The second-order valence-corrected chi connectivity index (χ2v) is 4.17. The van der Waals surface area contributed by atoms with Crippen molar-refractivity contribution >= 4 is 11.5 Å². The zero-order valence-electron chi connectivity index (χ0n) is 11.1. The monoisotopic (exact) mass is 286 g/mol. The number of hydrogen-bond donors (Lipinski definition) is 1. The molecule has 1 aromatic rings. The second kappa shape index (κ2) is 5.85. The summed E-state index contributed by atoms with van der Waals surface area (Å²) < 4.78 is 37.1. The molecule has 0 aliphatic carbocycles. The normalized spacial score (nSPS) is 13.5. The Hall–Kier alpha value is -2.18. The van der Waals surface area contributed by atoms with Gasteiger partial charge < -0.3 is 5.11 Å².